The number of hydrogen-bond acceptors (Lipinski definition) is 5. The number of carbonyl (C=O) groups excluding carboxylic acids is 1. The predicted molar refractivity (Wildman–Crippen MR) is 144 cm³/mol. The summed E-state index contributed by atoms with van der Waals surface area (Å²) in [6.07, 6.45) is 8.05. The van der Waals surface area contributed by atoms with E-state index in [0.29, 0.717) is 28.2 Å². The van der Waals surface area contributed by atoms with E-state index in [1.165, 1.54) is 12.1 Å². The number of carbonyl (C=O) groups is 1. The number of aromatic nitrogens is 6. The number of benzene rings is 1. The number of amides is 1. The minimum absolute atomic E-state index is 0.0424. The molecular formula is C29H22FN7O. The summed E-state index contributed by atoms with van der Waals surface area (Å²) in [5.41, 5.74) is 7.32. The van der Waals surface area contributed by atoms with E-state index < -0.39 is 0 Å². The van der Waals surface area contributed by atoms with Crippen LogP contribution in [-0.2, 0) is 4.79 Å². The maximum atomic E-state index is 13.9. The Morgan fingerprint density at radius 2 is 1.95 bits per heavy atom. The van der Waals surface area contributed by atoms with Gasteiger partial charge in [-0.15, -0.1) is 0 Å². The van der Waals surface area contributed by atoms with Crippen molar-refractivity contribution < 1.29 is 9.18 Å². The minimum atomic E-state index is -0.292. The average Bonchev–Trinajstić information content (AvgIpc) is 3.51. The lowest BCUT2D eigenvalue weighted by Crippen LogP contribution is -2.28. The van der Waals surface area contributed by atoms with Crippen molar-refractivity contribution >= 4 is 33.7 Å². The smallest absolute Gasteiger partial charge is 0.227 e. The molecule has 0 spiro atoms. The van der Waals surface area contributed by atoms with Gasteiger partial charge in [0.25, 0.3) is 0 Å². The fourth-order valence-electron chi connectivity index (χ4n) is 4.87. The van der Waals surface area contributed by atoms with Crippen LogP contribution >= 0.6 is 0 Å². The number of hydrogen-bond donors (Lipinski definition) is 3. The van der Waals surface area contributed by atoms with Crippen LogP contribution in [0.2, 0.25) is 0 Å². The fraction of sp³-hybridized carbons (Fsp3) is 0.138. The van der Waals surface area contributed by atoms with Crippen molar-refractivity contribution in [1.82, 2.24) is 30.1 Å². The van der Waals surface area contributed by atoms with E-state index in [2.05, 4.69) is 30.5 Å². The molecule has 1 aliphatic rings. The first-order valence-electron chi connectivity index (χ1n) is 12.5. The van der Waals surface area contributed by atoms with Crippen molar-refractivity contribution in [1.29, 1.82) is 0 Å². The number of rotatable bonds is 5. The number of pyridine rings is 3. The summed E-state index contributed by atoms with van der Waals surface area (Å²) in [5.74, 6) is -0.158. The number of aromatic amines is 2. The van der Waals surface area contributed by atoms with Gasteiger partial charge in [0, 0.05) is 29.3 Å². The molecule has 186 valence electrons. The quantitative estimate of drug-likeness (QED) is 0.263. The molecule has 1 aliphatic carbocycles. The monoisotopic (exact) mass is 503 g/mol. The highest BCUT2D eigenvalue weighted by molar-refractivity contribution is 5.99. The van der Waals surface area contributed by atoms with Crippen LogP contribution < -0.4 is 5.32 Å². The van der Waals surface area contributed by atoms with Crippen LogP contribution in [0.25, 0.3) is 55.8 Å². The Bertz CT molecular complexity index is 1840. The number of H-pyrrole nitrogens is 2. The van der Waals surface area contributed by atoms with Gasteiger partial charge in [0.05, 0.1) is 28.8 Å². The van der Waals surface area contributed by atoms with Crippen molar-refractivity contribution in [2.45, 2.75) is 19.3 Å². The highest BCUT2D eigenvalue weighted by Crippen LogP contribution is 2.34. The Morgan fingerprint density at radius 1 is 1.03 bits per heavy atom. The molecule has 1 amide bonds. The standard InChI is InChI=1S/C29H22FN7O/c30-19-6-2-5-17(11-19)21-9-10-32-28-22(21)13-25(35-28)27-26-24(36-37-27)8-7-23(34-26)18-12-20(15-31-14-18)33-29(38)16-3-1-4-16/h2,5-16H,1,3-4H2,(H,32,35)(H,33,38)(H,36,37). The molecule has 0 aliphatic heterocycles. The van der Waals surface area contributed by atoms with E-state index >= 15 is 0 Å². The van der Waals surface area contributed by atoms with E-state index in [1.54, 1.807) is 24.7 Å². The third-order valence-electron chi connectivity index (χ3n) is 7.11. The summed E-state index contributed by atoms with van der Waals surface area (Å²) in [7, 11) is 0. The van der Waals surface area contributed by atoms with Crippen LogP contribution in [0.5, 0.6) is 0 Å². The zero-order valence-electron chi connectivity index (χ0n) is 20.2. The van der Waals surface area contributed by atoms with Crippen LogP contribution in [0.4, 0.5) is 10.1 Å². The molecule has 0 atom stereocenters. The molecule has 1 saturated carbocycles. The highest BCUT2D eigenvalue weighted by atomic mass is 19.1. The zero-order chi connectivity index (χ0) is 25.6. The van der Waals surface area contributed by atoms with Crippen LogP contribution in [0.3, 0.4) is 0 Å². The van der Waals surface area contributed by atoms with Gasteiger partial charge in [-0.1, -0.05) is 18.6 Å². The van der Waals surface area contributed by atoms with Gasteiger partial charge < -0.3 is 10.3 Å². The largest absolute Gasteiger partial charge is 0.338 e. The van der Waals surface area contributed by atoms with Crippen LogP contribution in [0, 0.1) is 11.7 Å². The van der Waals surface area contributed by atoms with Gasteiger partial charge in [0.1, 0.15) is 22.7 Å². The second-order valence-electron chi connectivity index (χ2n) is 9.56. The van der Waals surface area contributed by atoms with E-state index in [0.717, 1.165) is 52.5 Å². The molecule has 6 aromatic rings. The van der Waals surface area contributed by atoms with Crippen molar-refractivity contribution in [2.75, 3.05) is 5.32 Å². The van der Waals surface area contributed by atoms with Crippen LogP contribution in [-0.4, -0.2) is 36.0 Å². The van der Waals surface area contributed by atoms with Crippen molar-refractivity contribution in [2.24, 2.45) is 5.92 Å². The van der Waals surface area contributed by atoms with E-state index in [1.807, 2.05) is 36.4 Å². The highest BCUT2D eigenvalue weighted by Gasteiger charge is 2.25. The molecule has 0 unspecified atom stereocenters. The third-order valence-corrected chi connectivity index (χ3v) is 7.11. The Kier molecular flexibility index (Phi) is 5.21. The van der Waals surface area contributed by atoms with Gasteiger partial charge in [-0.05, 0) is 66.4 Å². The Balaban J connectivity index is 1.26. The predicted octanol–water partition coefficient (Wildman–Crippen LogP) is 6.11. The second-order valence-corrected chi connectivity index (χ2v) is 9.56. The van der Waals surface area contributed by atoms with Gasteiger partial charge in [-0.2, -0.15) is 5.10 Å². The molecule has 3 N–H and O–H groups in total. The molecule has 0 bridgehead atoms. The summed E-state index contributed by atoms with van der Waals surface area (Å²) in [6.45, 7) is 0. The molecule has 5 heterocycles. The third kappa shape index (κ3) is 3.88. The Hall–Kier alpha value is -4.92. The maximum absolute atomic E-state index is 13.9. The van der Waals surface area contributed by atoms with E-state index in [-0.39, 0.29) is 17.6 Å². The van der Waals surface area contributed by atoms with Gasteiger partial charge in [-0.3, -0.25) is 14.9 Å². The molecule has 38 heavy (non-hydrogen) atoms. The summed E-state index contributed by atoms with van der Waals surface area (Å²) in [5, 5.41) is 11.4. The summed E-state index contributed by atoms with van der Waals surface area (Å²) in [6, 6.07) is 16.0. The topological polar surface area (TPSA) is 112 Å². The van der Waals surface area contributed by atoms with Gasteiger partial charge >= 0.3 is 0 Å². The number of fused-ring (bicyclic) bond motifs is 2. The summed E-state index contributed by atoms with van der Waals surface area (Å²) < 4.78 is 13.9. The first-order chi connectivity index (χ1) is 18.6. The number of halogens is 1. The Morgan fingerprint density at radius 3 is 2.79 bits per heavy atom. The molecule has 0 radical (unpaired) electrons. The van der Waals surface area contributed by atoms with E-state index in [4.69, 9.17) is 4.98 Å². The lowest BCUT2D eigenvalue weighted by Gasteiger charge is -2.24. The fourth-order valence-corrected chi connectivity index (χ4v) is 4.87. The minimum Gasteiger partial charge on any atom is -0.338 e. The number of nitrogens with one attached hydrogen (secondary N) is 3. The van der Waals surface area contributed by atoms with Crippen LogP contribution in [0.1, 0.15) is 19.3 Å². The molecule has 8 nitrogen and oxygen atoms in total. The van der Waals surface area contributed by atoms with Crippen LogP contribution in [0.15, 0.2) is 73.2 Å². The SMILES string of the molecule is O=C(Nc1cncc(-c2ccc3[nH]nc(-c4cc5c(-c6cccc(F)c6)ccnc5[nH]4)c3n2)c1)C1CCC1. The molecule has 0 saturated heterocycles. The van der Waals surface area contributed by atoms with Crippen molar-refractivity contribution in [3.8, 4) is 33.8 Å². The van der Waals surface area contributed by atoms with Gasteiger partial charge in [-0.25, -0.2) is 14.4 Å². The first-order valence-corrected chi connectivity index (χ1v) is 12.5. The zero-order valence-corrected chi connectivity index (χ0v) is 20.2. The van der Waals surface area contributed by atoms with Crippen molar-refractivity contribution in [3.63, 3.8) is 0 Å². The number of nitrogens with zero attached hydrogens (tertiary/aromatic N) is 4. The van der Waals surface area contributed by atoms with Crippen molar-refractivity contribution in [3.05, 3.63) is 79.0 Å². The van der Waals surface area contributed by atoms with Gasteiger partial charge in [0.15, 0.2) is 0 Å². The normalized spacial score (nSPS) is 13.6. The average molecular weight is 504 g/mol. The van der Waals surface area contributed by atoms with Gasteiger partial charge in [0.2, 0.25) is 5.91 Å². The number of anilines is 1. The summed E-state index contributed by atoms with van der Waals surface area (Å²) in [4.78, 5) is 29.4. The molecule has 1 aromatic carbocycles. The molecule has 7 rings (SSSR count). The maximum Gasteiger partial charge on any atom is 0.227 e. The van der Waals surface area contributed by atoms with E-state index in [9.17, 15) is 9.18 Å². The Labute approximate surface area is 216 Å². The molecule has 9 heteroatoms. The summed E-state index contributed by atoms with van der Waals surface area (Å²) >= 11 is 0. The first kappa shape index (κ1) is 22.3. The molecular weight excluding hydrogens is 481 g/mol. The molecule has 5 aromatic heterocycles. The lowest BCUT2D eigenvalue weighted by molar-refractivity contribution is -0.122. The second kappa shape index (κ2) is 8.88. The lowest BCUT2D eigenvalue weighted by atomic mass is 9.85. The molecule has 1 fully saturated rings.